The fourth-order valence-electron chi connectivity index (χ4n) is 5.76. The molecule has 51 heavy (non-hydrogen) atoms. The Morgan fingerprint density at radius 1 is 0.529 bits per heavy atom. The van der Waals surface area contributed by atoms with E-state index in [0.717, 1.165) is 53.9 Å². The number of carbonyl (C=O) groups is 2. The van der Waals surface area contributed by atoms with Crippen molar-refractivity contribution in [2.24, 2.45) is 0 Å². The number of ether oxygens (including phenoxy) is 2. The summed E-state index contributed by atoms with van der Waals surface area (Å²) in [5, 5.41) is 0. The summed E-state index contributed by atoms with van der Waals surface area (Å²) in [6.07, 6.45) is 6.81. The second kappa shape index (κ2) is 18.4. The van der Waals surface area contributed by atoms with E-state index in [1.807, 2.05) is 72.8 Å². The maximum atomic E-state index is 12.5. The van der Waals surface area contributed by atoms with Gasteiger partial charge in [0.15, 0.2) is 0 Å². The van der Waals surface area contributed by atoms with E-state index in [-0.39, 0.29) is 11.9 Å². The summed E-state index contributed by atoms with van der Waals surface area (Å²) in [5.74, 6) is -0.565. The van der Waals surface area contributed by atoms with Crippen molar-refractivity contribution in [2.75, 3.05) is 18.1 Å². The molecule has 260 valence electrons. The largest absolute Gasteiger partial charge is 0.462 e. The molecule has 0 saturated heterocycles. The third-order valence-electron chi connectivity index (χ3n) is 8.83. The van der Waals surface area contributed by atoms with Crippen molar-refractivity contribution in [3.63, 3.8) is 0 Å². The highest BCUT2D eigenvalue weighted by molar-refractivity contribution is 5.93. The number of carbonyl (C=O) groups excluding carboxylic acids is 2. The van der Waals surface area contributed by atoms with E-state index in [0.29, 0.717) is 24.4 Å². The molecule has 0 aliphatic heterocycles. The fraction of sp³-hybridized carbons (Fsp3) is 0.217. The predicted octanol–water partition coefficient (Wildman–Crippen LogP) is 10.9. The second-order valence-corrected chi connectivity index (χ2v) is 12.9. The lowest BCUT2D eigenvalue weighted by Crippen LogP contribution is -2.11. The first kappa shape index (κ1) is 36.6. The van der Waals surface area contributed by atoms with Crippen LogP contribution in [-0.2, 0) is 31.9 Å². The van der Waals surface area contributed by atoms with Crippen LogP contribution in [0, 0.1) is 13.8 Å². The van der Waals surface area contributed by atoms with Gasteiger partial charge in [-0.1, -0.05) is 91.0 Å². The van der Waals surface area contributed by atoms with E-state index in [2.05, 4.69) is 85.5 Å². The van der Waals surface area contributed by atoms with Crippen molar-refractivity contribution in [3.05, 3.63) is 172 Å². The zero-order chi connectivity index (χ0) is 36.0. The van der Waals surface area contributed by atoms with Crippen molar-refractivity contribution in [1.82, 2.24) is 0 Å². The highest BCUT2D eigenvalue weighted by Gasteiger charge is 2.14. The maximum Gasteiger partial charge on any atom is 0.333 e. The van der Waals surface area contributed by atoms with Crippen LogP contribution in [0.25, 0.3) is 12.2 Å². The van der Waals surface area contributed by atoms with Gasteiger partial charge in [0.2, 0.25) is 0 Å². The molecule has 5 rings (SSSR count). The quantitative estimate of drug-likeness (QED) is 0.0627. The summed E-state index contributed by atoms with van der Waals surface area (Å²) in [6, 6.07) is 43.3. The van der Waals surface area contributed by atoms with E-state index in [1.165, 1.54) is 22.3 Å². The first-order valence-electron chi connectivity index (χ1n) is 17.6. The van der Waals surface area contributed by atoms with Crippen LogP contribution in [0.1, 0.15) is 60.1 Å². The van der Waals surface area contributed by atoms with Gasteiger partial charge < -0.3 is 14.4 Å². The topological polar surface area (TPSA) is 55.8 Å². The molecule has 0 spiro atoms. The SMILES string of the molecule is C/C(=C\c1ccccc1)C(=O)OCCCc1ccc(N(c2ccc(CCCOC(=O)/C(C)=C/c3ccccc3)cc2)c2ccc(C)c(C)c2)cc1. The highest BCUT2D eigenvalue weighted by Crippen LogP contribution is 2.36. The van der Waals surface area contributed by atoms with Crippen LogP contribution >= 0.6 is 0 Å². The molecule has 0 fully saturated rings. The number of benzene rings is 5. The monoisotopic (exact) mass is 677 g/mol. The van der Waals surface area contributed by atoms with Crippen LogP contribution in [0.2, 0.25) is 0 Å². The third-order valence-corrected chi connectivity index (χ3v) is 8.83. The minimum Gasteiger partial charge on any atom is -0.462 e. The van der Waals surface area contributed by atoms with Gasteiger partial charge in [-0.15, -0.1) is 0 Å². The van der Waals surface area contributed by atoms with Gasteiger partial charge in [-0.25, -0.2) is 9.59 Å². The molecule has 0 bridgehead atoms. The van der Waals surface area contributed by atoms with Gasteiger partial charge in [0.05, 0.1) is 13.2 Å². The van der Waals surface area contributed by atoms with Gasteiger partial charge >= 0.3 is 11.9 Å². The fourth-order valence-corrected chi connectivity index (χ4v) is 5.76. The Morgan fingerprint density at radius 3 is 1.35 bits per heavy atom. The van der Waals surface area contributed by atoms with Gasteiger partial charge in [0, 0.05) is 28.2 Å². The normalized spacial score (nSPS) is 11.6. The van der Waals surface area contributed by atoms with Crippen molar-refractivity contribution < 1.29 is 19.1 Å². The van der Waals surface area contributed by atoms with Gasteiger partial charge in [-0.2, -0.15) is 0 Å². The Kier molecular flexibility index (Phi) is 13.2. The minimum atomic E-state index is -0.283. The van der Waals surface area contributed by atoms with Gasteiger partial charge in [-0.05, 0) is 135 Å². The number of hydrogen-bond acceptors (Lipinski definition) is 5. The number of aryl methyl sites for hydroxylation is 4. The summed E-state index contributed by atoms with van der Waals surface area (Å²) in [4.78, 5) is 27.2. The number of esters is 2. The predicted molar refractivity (Wildman–Crippen MR) is 209 cm³/mol. The molecule has 0 aromatic heterocycles. The zero-order valence-electron chi connectivity index (χ0n) is 30.1. The molecule has 0 atom stereocenters. The molecule has 0 N–H and O–H groups in total. The van der Waals surface area contributed by atoms with E-state index in [1.54, 1.807) is 13.8 Å². The molecule has 0 amide bonds. The molecule has 0 aliphatic carbocycles. The van der Waals surface area contributed by atoms with Crippen LogP contribution in [0.5, 0.6) is 0 Å². The molecular weight excluding hydrogens is 631 g/mol. The Hall–Kier alpha value is -5.68. The standard InChI is InChI=1S/C46H47NO4/c1-34-19-24-44(33-35(34)2)47(42-25-20-38(21-26-42)17-11-29-50-45(48)36(3)31-40-13-7-5-8-14-40)43-27-22-39(23-28-43)18-12-30-51-46(49)37(4)32-41-15-9-6-10-16-41/h5-10,13-16,19-28,31-33H,11-12,17-18,29-30H2,1-4H3/b36-31+,37-32+. The Morgan fingerprint density at radius 2 is 0.941 bits per heavy atom. The Labute approximate surface area is 302 Å². The molecule has 5 aromatic carbocycles. The van der Waals surface area contributed by atoms with E-state index >= 15 is 0 Å². The minimum absolute atomic E-state index is 0.283. The number of rotatable bonds is 15. The summed E-state index contributed by atoms with van der Waals surface area (Å²) >= 11 is 0. The van der Waals surface area contributed by atoms with Crippen LogP contribution < -0.4 is 4.90 Å². The van der Waals surface area contributed by atoms with Gasteiger partial charge in [-0.3, -0.25) is 0 Å². The van der Waals surface area contributed by atoms with Crippen LogP contribution in [0.15, 0.2) is 139 Å². The lowest BCUT2D eigenvalue weighted by molar-refractivity contribution is -0.139. The first-order chi connectivity index (χ1) is 24.8. The van der Waals surface area contributed by atoms with Crippen LogP contribution in [0.3, 0.4) is 0 Å². The maximum absolute atomic E-state index is 12.5. The zero-order valence-corrected chi connectivity index (χ0v) is 30.1. The summed E-state index contributed by atoms with van der Waals surface area (Å²) in [6.45, 7) is 8.58. The van der Waals surface area contributed by atoms with Crippen molar-refractivity contribution >= 4 is 41.2 Å². The summed E-state index contributed by atoms with van der Waals surface area (Å²) in [7, 11) is 0. The number of hydrogen-bond donors (Lipinski definition) is 0. The molecule has 5 aromatic rings. The smallest absolute Gasteiger partial charge is 0.333 e. The highest BCUT2D eigenvalue weighted by atomic mass is 16.5. The van der Waals surface area contributed by atoms with E-state index < -0.39 is 0 Å². The third kappa shape index (κ3) is 10.9. The average molecular weight is 678 g/mol. The summed E-state index contributed by atoms with van der Waals surface area (Å²) < 4.78 is 11.1. The molecule has 5 heteroatoms. The molecule has 0 radical (unpaired) electrons. The average Bonchev–Trinajstić information content (AvgIpc) is 3.15. The summed E-state index contributed by atoms with van der Waals surface area (Å²) in [5.41, 5.74) is 11.2. The van der Waals surface area contributed by atoms with Crippen LogP contribution in [-0.4, -0.2) is 25.2 Å². The number of nitrogens with zero attached hydrogens (tertiary/aromatic N) is 1. The van der Waals surface area contributed by atoms with Crippen LogP contribution in [0.4, 0.5) is 17.1 Å². The molecule has 0 aliphatic rings. The molecule has 0 heterocycles. The van der Waals surface area contributed by atoms with E-state index in [9.17, 15) is 9.59 Å². The molecular formula is C46H47NO4. The van der Waals surface area contributed by atoms with E-state index in [4.69, 9.17) is 9.47 Å². The number of anilines is 3. The van der Waals surface area contributed by atoms with Gasteiger partial charge in [0.1, 0.15) is 0 Å². The molecule has 0 unspecified atom stereocenters. The lowest BCUT2D eigenvalue weighted by atomic mass is 10.1. The van der Waals surface area contributed by atoms with Gasteiger partial charge in [0.25, 0.3) is 0 Å². The molecule has 0 saturated carbocycles. The Balaban J connectivity index is 1.17. The second-order valence-electron chi connectivity index (χ2n) is 12.9. The van der Waals surface area contributed by atoms with Crippen molar-refractivity contribution in [3.8, 4) is 0 Å². The van der Waals surface area contributed by atoms with Crippen molar-refractivity contribution in [1.29, 1.82) is 0 Å². The molecule has 5 nitrogen and oxygen atoms in total. The Bertz CT molecular complexity index is 1820. The lowest BCUT2D eigenvalue weighted by Gasteiger charge is -2.26. The first-order valence-corrected chi connectivity index (χ1v) is 17.6. The van der Waals surface area contributed by atoms with Crippen molar-refractivity contribution in [2.45, 2.75) is 53.4 Å².